The third kappa shape index (κ3) is 4.97. The largest absolute Gasteiger partial charge is 0.495 e. The van der Waals surface area contributed by atoms with Gasteiger partial charge in [-0.2, -0.15) is 0 Å². The van der Waals surface area contributed by atoms with Crippen molar-refractivity contribution in [1.29, 1.82) is 0 Å². The van der Waals surface area contributed by atoms with E-state index in [-0.39, 0.29) is 31.4 Å². The van der Waals surface area contributed by atoms with E-state index in [1.54, 1.807) is 6.07 Å². The molecule has 0 unspecified atom stereocenters. The van der Waals surface area contributed by atoms with Crippen LogP contribution in [0, 0.1) is 19.8 Å². The highest BCUT2D eigenvalue weighted by Gasteiger charge is 2.37. The third-order valence-corrected chi connectivity index (χ3v) is 5.17. The third-order valence-electron chi connectivity index (χ3n) is 5.17. The van der Waals surface area contributed by atoms with Crippen LogP contribution in [0.4, 0.5) is 5.69 Å². The van der Waals surface area contributed by atoms with Crippen molar-refractivity contribution in [1.82, 2.24) is 5.32 Å². The lowest BCUT2D eigenvalue weighted by Gasteiger charge is -2.20. The number of nitrogens with zero attached hydrogens (tertiary/aromatic N) is 1. The molecule has 1 N–H and O–H groups in total. The van der Waals surface area contributed by atoms with Crippen LogP contribution in [0.25, 0.3) is 0 Å². The number of rotatable bonds is 7. The summed E-state index contributed by atoms with van der Waals surface area (Å²) in [5.41, 5.74) is 3.69. The Morgan fingerprint density at radius 3 is 2.67 bits per heavy atom. The number of nitrogens with one attached hydrogen (secondary N) is 1. The first-order valence-electron chi connectivity index (χ1n) is 9.82. The molecular weight excluding hydrogens is 384 g/mol. The maximum Gasteiger partial charge on any atom is 0.311 e. The topological polar surface area (TPSA) is 84.9 Å². The zero-order chi connectivity index (χ0) is 21.7. The molecule has 1 saturated heterocycles. The Morgan fingerprint density at radius 1 is 1.17 bits per heavy atom. The lowest BCUT2D eigenvalue weighted by atomic mass is 10.1. The SMILES string of the molecule is COc1ccc(C)cc1N1C[C@H](C(=O)OCC(=O)NCc2ccccc2C)CC1=O. The highest BCUT2D eigenvalue weighted by molar-refractivity contribution is 6.00. The molecule has 0 spiro atoms. The Morgan fingerprint density at radius 2 is 1.93 bits per heavy atom. The maximum atomic E-state index is 12.5. The highest BCUT2D eigenvalue weighted by Crippen LogP contribution is 2.34. The number of amides is 2. The van der Waals surface area contributed by atoms with Gasteiger partial charge in [0.15, 0.2) is 6.61 Å². The summed E-state index contributed by atoms with van der Waals surface area (Å²) >= 11 is 0. The fraction of sp³-hybridized carbons (Fsp3) is 0.348. The number of aryl methyl sites for hydroxylation is 2. The molecule has 7 heteroatoms. The molecule has 1 aliphatic rings. The normalized spacial score (nSPS) is 15.8. The Balaban J connectivity index is 1.53. The molecule has 1 heterocycles. The molecule has 30 heavy (non-hydrogen) atoms. The first-order chi connectivity index (χ1) is 14.4. The molecule has 2 aromatic carbocycles. The smallest absolute Gasteiger partial charge is 0.311 e. The lowest BCUT2D eigenvalue weighted by molar-refractivity contribution is -0.152. The monoisotopic (exact) mass is 410 g/mol. The standard InChI is InChI=1S/C23H26N2O5/c1-15-8-9-20(29-3)19(10-15)25-13-18(11-22(25)27)23(28)30-14-21(26)24-12-17-7-5-4-6-16(17)2/h4-10,18H,11-14H2,1-3H3,(H,24,26)/t18-/m1/s1. The van der Waals surface area contributed by atoms with E-state index >= 15 is 0 Å². The number of anilines is 1. The number of methoxy groups -OCH3 is 1. The summed E-state index contributed by atoms with van der Waals surface area (Å²) in [5.74, 6) is -1.16. The fourth-order valence-corrected chi connectivity index (χ4v) is 3.42. The molecule has 1 atom stereocenters. The van der Waals surface area contributed by atoms with Crippen molar-refractivity contribution >= 4 is 23.5 Å². The van der Waals surface area contributed by atoms with Gasteiger partial charge in [0.25, 0.3) is 5.91 Å². The van der Waals surface area contributed by atoms with Crippen molar-refractivity contribution in [2.45, 2.75) is 26.8 Å². The van der Waals surface area contributed by atoms with Crippen LogP contribution in [0.15, 0.2) is 42.5 Å². The van der Waals surface area contributed by atoms with Gasteiger partial charge >= 0.3 is 5.97 Å². The van der Waals surface area contributed by atoms with E-state index in [2.05, 4.69) is 5.32 Å². The Kier molecular flexibility index (Phi) is 6.72. The van der Waals surface area contributed by atoms with Crippen molar-refractivity contribution < 1.29 is 23.9 Å². The molecule has 158 valence electrons. The molecule has 1 aliphatic heterocycles. The van der Waals surface area contributed by atoms with Gasteiger partial charge in [0.05, 0.1) is 18.7 Å². The molecule has 1 fully saturated rings. The van der Waals surface area contributed by atoms with E-state index in [9.17, 15) is 14.4 Å². The van der Waals surface area contributed by atoms with E-state index in [4.69, 9.17) is 9.47 Å². The Labute approximate surface area is 176 Å². The lowest BCUT2D eigenvalue weighted by Crippen LogP contribution is -2.31. The second kappa shape index (κ2) is 9.43. The zero-order valence-electron chi connectivity index (χ0n) is 17.4. The molecule has 2 amide bonds. The van der Waals surface area contributed by atoms with Crippen LogP contribution < -0.4 is 15.0 Å². The average molecular weight is 410 g/mol. The summed E-state index contributed by atoms with van der Waals surface area (Å²) < 4.78 is 10.5. The van der Waals surface area contributed by atoms with Gasteiger partial charge in [-0.1, -0.05) is 30.3 Å². The van der Waals surface area contributed by atoms with Gasteiger partial charge in [0, 0.05) is 19.5 Å². The number of carbonyl (C=O) groups excluding carboxylic acids is 3. The zero-order valence-corrected chi connectivity index (χ0v) is 17.4. The predicted octanol–water partition coefficient (Wildman–Crippen LogP) is 2.52. The fourth-order valence-electron chi connectivity index (χ4n) is 3.42. The summed E-state index contributed by atoms with van der Waals surface area (Å²) in [6.45, 7) is 4.08. The van der Waals surface area contributed by atoms with E-state index in [1.807, 2.05) is 50.2 Å². The highest BCUT2D eigenvalue weighted by atomic mass is 16.5. The quantitative estimate of drug-likeness (QED) is 0.709. The van der Waals surface area contributed by atoms with Crippen molar-refractivity contribution in [3.8, 4) is 5.75 Å². The first-order valence-corrected chi connectivity index (χ1v) is 9.82. The number of hydrogen-bond acceptors (Lipinski definition) is 5. The van der Waals surface area contributed by atoms with Crippen LogP contribution in [0.3, 0.4) is 0 Å². The van der Waals surface area contributed by atoms with E-state index in [0.717, 1.165) is 16.7 Å². The maximum absolute atomic E-state index is 12.5. The van der Waals surface area contributed by atoms with Gasteiger partial charge in [-0.15, -0.1) is 0 Å². The molecule has 0 saturated carbocycles. The van der Waals surface area contributed by atoms with Crippen molar-refractivity contribution in [3.63, 3.8) is 0 Å². The van der Waals surface area contributed by atoms with Crippen molar-refractivity contribution in [2.75, 3.05) is 25.2 Å². The average Bonchev–Trinajstić information content (AvgIpc) is 3.13. The van der Waals surface area contributed by atoms with E-state index in [0.29, 0.717) is 18.0 Å². The minimum Gasteiger partial charge on any atom is -0.495 e. The number of esters is 1. The molecular formula is C23H26N2O5. The van der Waals surface area contributed by atoms with Gasteiger partial charge in [-0.3, -0.25) is 14.4 Å². The van der Waals surface area contributed by atoms with Gasteiger partial charge in [0.2, 0.25) is 5.91 Å². The summed E-state index contributed by atoms with van der Waals surface area (Å²) in [4.78, 5) is 38.5. The molecule has 0 aromatic heterocycles. The molecule has 0 bridgehead atoms. The molecule has 3 rings (SSSR count). The molecule has 2 aromatic rings. The number of hydrogen-bond donors (Lipinski definition) is 1. The minimum absolute atomic E-state index is 0.0424. The van der Waals surface area contributed by atoms with Crippen LogP contribution in [0.2, 0.25) is 0 Å². The van der Waals surface area contributed by atoms with E-state index in [1.165, 1.54) is 12.0 Å². The van der Waals surface area contributed by atoms with Gasteiger partial charge in [-0.25, -0.2) is 0 Å². The Bertz CT molecular complexity index is 956. The summed E-state index contributed by atoms with van der Waals surface area (Å²) in [6.07, 6.45) is 0.0424. The molecule has 0 aliphatic carbocycles. The van der Waals surface area contributed by atoms with Crippen LogP contribution in [0.5, 0.6) is 5.75 Å². The van der Waals surface area contributed by atoms with Crippen LogP contribution in [-0.2, 0) is 25.7 Å². The van der Waals surface area contributed by atoms with Gasteiger partial charge in [-0.05, 0) is 42.7 Å². The Hall–Kier alpha value is -3.35. The van der Waals surface area contributed by atoms with Crippen LogP contribution >= 0.6 is 0 Å². The predicted molar refractivity (Wildman–Crippen MR) is 112 cm³/mol. The van der Waals surface area contributed by atoms with Crippen LogP contribution in [-0.4, -0.2) is 38.0 Å². The summed E-state index contributed by atoms with van der Waals surface area (Å²) in [6, 6.07) is 13.3. The van der Waals surface area contributed by atoms with Crippen LogP contribution in [0.1, 0.15) is 23.1 Å². The number of benzene rings is 2. The number of carbonyl (C=O) groups is 3. The second-order valence-electron chi connectivity index (χ2n) is 7.39. The minimum atomic E-state index is -0.619. The van der Waals surface area contributed by atoms with E-state index < -0.39 is 11.9 Å². The molecule has 7 nitrogen and oxygen atoms in total. The van der Waals surface area contributed by atoms with Gasteiger partial charge < -0.3 is 19.7 Å². The first kappa shape index (κ1) is 21.4. The summed E-state index contributed by atoms with van der Waals surface area (Å²) in [5, 5.41) is 2.74. The van der Waals surface area contributed by atoms with Gasteiger partial charge in [0.1, 0.15) is 5.75 Å². The van der Waals surface area contributed by atoms with Crippen molar-refractivity contribution in [3.05, 3.63) is 59.2 Å². The second-order valence-corrected chi connectivity index (χ2v) is 7.39. The van der Waals surface area contributed by atoms with Crippen molar-refractivity contribution in [2.24, 2.45) is 5.92 Å². The molecule has 0 radical (unpaired) electrons. The number of ether oxygens (including phenoxy) is 2. The summed E-state index contributed by atoms with van der Waals surface area (Å²) in [7, 11) is 1.54.